The highest BCUT2D eigenvalue weighted by Crippen LogP contribution is 2.32. The molecule has 1 heterocycles. The van der Waals surface area contributed by atoms with Crippen LogP contribution in [0.5, 0.6) is 23.0 Å². The average molecular weight is 390 g/mol. The third kappa shape index (κ3) is 5.06. The van der Waals surface area contributed by atoms with Crippen LogP contribution in [0.25, 0.3) is 0 Å². The Bertz CT molecular complexity index is 974. The van der Waals surface area contributed by atoms with Crippen LogP contribution in [-0.2, 0) is 11.3 Å². The highest BCUT2D eigenvalue weighted by molar-refractivity contribution is 5.92. The van der Waals surface area contributed by atoms with Crippen molar-refractivity contribution in [3.63, 3.8) is 0 Å². The average Bonchev–Trinajstić information content (AvgIpc) is 3.18. The number of nitrogens with one attached hydrogen (secondary N) is 1. The highest BCUT2D eigenvalue weighted by Gasteiger charge is 2.14. The molecule has 1 aliphatic rings. The first-order valence-corrected chi connectivity index (χ1v) is 9.35. The van der Waals surface area contributed by atoms with Gasteiger partial charge in [-0.3, -0.25) is 9.69 Å². The van der Waals surface area contributed by atoms with Crippen LogP contribution >= 0.6 is 0 Å². The monoisotopic (exact) mass is 390 g/mol. The topological polar surface area (TPSA) is 60.0 Å². The molecule has 1 N–H and O–H groups in total. The first-order valence-electron chi connectivity index (χ1n) is 9.35. The minimum atomic E-state index is -0.0787. The molecular formula is C23H22N2O4. The van der Waals surface area contributed by atoms with Crippen molar-refractivity contribution in [2.75, 3.05) is 25.7 Å². The largest absolute Gasteiger partial charge is 0.457 e. The Morgan fingerprint density at radius 1 is 0.966 bits per heavy atom. The summed E-state index contributed by atoms with van der Waals surface area (Å²) in [6.07, 6.45) is 0. The number of nitrogens with zero attached hydrogens (tertiary/aromatic N) is 1. The zero-order valence-electron chi connectivity index (χ0n) is 16.1. The van der Waals surface area contributed by atoms with Gasteiger partial charge in [0.05, 0.1) is 6.54 Å². The molecule has 0 radical (unpaired) electrons. The number of fused-ring (bicyclic) bond motifs is 1. The van der Waals surface area contributed by atoms with Gasteiger partial charge in [0, 0.05) is 12.2 Å². The highest BCUT2D eigenvalue weighted by atomic mass is 16.7. The number of rotatable bonds is 7. The van der Waals surface area contributed by atoms with Crippen LogP contribution in [0.15, 0.2) is 72.8 Å². The van der Waals surface area contributed by atoms with Gasteiger partial charge in [0.25, 0.3) is 0 Å². The molecule has 0 bridgehead atoms. The second-order valence-electron chi connectivity index (χ2n) is 6.85. The molecule has 0 fully saturated rings. The minimum Gasteiger partial charge on any atom is -0.457 e. The molecule has 0 aliphatic carbocycles. The van der Waals surface area contributed by atoms with Crippen molar-refractivity contribution in [2.24, 2.45) is 0 Å². The van der Waals surface area contributed by atoms with Gasteiger partial charge in [0.1, 0.15) is 11.5 Å². The number of para-hydroxylation sites is 1. The summed E-state index contributed by atoms with van der Waals surface area (Å²) in [7, 11) is 1.90. The summed E-state index contributed by atoms with van der Waals surface area (Å²) >= 11 is 0. The third-order valence-electron chi connectivity index (χ3n) is 4.42. The lowest BCUT2D eigenvalue weighted by atomic mass is 10.2. The number of benzene rings is 3. The molecule has 4 rings (SSSR count). The molecule has 0 aromatic heterocycles. The van der Waals surface area contributed by atoms with Crippen molar-refractivity contribution in [3.8, 4) is 23.0 Å². The number of hydrogen-bond acceptors (Lipinski definition) is 5. The zero-order chi connectivity index (χ0) is 20.1. The van der Waals surface area contributed by atoms with Crippen molar-refractivity contribution in [2.45, 2.75) is 6.54 Å². The molecule has 0 spiro atoms. The SMILES string of the molecule is CN(CC(=O)Nc1ccc(Oc2ccccc2)cc1)Cc1ccc2c(c1)OCO2. The fourth-order valence-corrected chi connectivity index (χ4v) is 3.08. The van der Waals surface area contributed by atoms with E-state index in [2.05, 4.69) is 5.32 Å². The number of likely N-dealkylation sites (N-methyl/N-ethyl adjacent to an activating group) is 1. The molecule has 29 heavy (non-hydrogen) atoms. The van der Waals surface area contributed by atoms with Crippen LogP contribution in [0.2, 0.25) is 0 Å². The zero-order valence-corrected chi connectivity index (χ0v) is 16.1. The summed E-state index contributed by atoms with van der Waals surface area (Å²) in [5, 5.41) is 2.91. The number of ether oxygens (including phenoxy) is 3. The van der Waals surface area contributed by atoms with Gasteiger partial charge in [0.2, 0.25) is 12.7 Å². The lowest BCUT2D eigenvalue weighted by Gasteiger charge is -2.16. The van der Waals surface area contributed by atoms with Gasteiger partial charge in [0.15, 0.2) is 11.5 Å². The quantitative estimate of drug-likeness (QED) is 0.653. The van der Waals surface area contributed by atoms with Gasteiger partial charge in [-0.1, -0.05) is 24.3 Å². The van der Waals surface area contributed by atoms with Gasteiger partial charge in [-0.2, -0.15) is 0 Å². The van der Waals surface area contributed by atoms with E-state index in [0.717, 1.165) is 28.5 Å². The van der Waals surface area contributed by atoms with Crippen LogP contribution in [0, 0.1) is 0 Å². The molecule has 3 aromatic rings. The van der Waals surface area contributed by atoms with E-state index in [1.54, 1.807) is 0 Å². The maximum atomic E-state index is 12.3. The lowest BCUT2D eigenvalue weighted by molar-refractivity contribution is -0.117. The van der Waals surface area contributed by atoms with E-state index in [-0.39, 0.29) is 19.2 Å². The summed E-state index contributed by atoms with van der Waals surface area (Å²) in [5.41, 5.74) is 1.79. The van der Waals surface area contributed by atoms with E-state index >= 15 is 0 Å². The van der Waals surface area contributed by atoms with Crippen molar-refractivity contribution in [1.29, 1.82) is 0 Å². The van der Waals surface area contributed by atoms with E-state index in [4.69, 9.17) is 14.2 Å². The number of carbonyl (C=O) groups excluding carboxylic acids is 1. The molecule has 1 aliphatic heterocycles. The minimum absolute atomic E-state index is 0.0787. The summed E-state index contributed by atoms with van der Waals surface area (Å²) in [5.74, 6) is 2.92. The van der Waals surface area contributed by atoms with Gasteiger partial charge >= 0.3 is 0 Å². The summed E-state index contributed by atoms with van der Waals surface area (Å²) in [4.78, 5) is 14.3. The van der Waals surface area contributed by atoms with Gasteiger partial charge in [-0.05, 0) is 61.1 Å². The van der Waals surface area contributed by atoms with Crippen molar-refractivity contribution in [3.05, 3.63) is 78.4 Å². The second kappa shape index (κ2) is 8.67. The maximum absolute atomic E-state index is 12.3. The Balaban J connectivity index is 1.27. The Kier molecular flexibility index (Phi) is 5.63. The number of hydrogen-bond donors (Lipinski definition) is 1. The Hall–Kier alpha value is -3.51. The van der Waals surface area contributed by atoms with E-state index in [0.29, 0.717) is 12.3 Å². The molecule has 0 saturated heterocycles. The van der Waals surface area contributed by atoms with Crippen LogP contribution in [-0.4, -0.2) is 31.2 Å². The van der Waals surface area contributed by atoms with Crippen LogP contribution in [0.1, 0.15) is 5.56 Å². The Morgan fingerprint density at radius 2 is 1.69 bits per heavy atom. The number of amides is 1. The summed E-state index contributed by atoms with van der Waals surface area (Å²) in [6.45, 7) is 1.16. The normalized spacial score (nSPS) is 12.1. The maximum Gasteiger partial charge on any atom is 0.238 e. The molecule has 6 nitrogen and oxygen atoms in total. The second-order valence-corrected chi connectivity index (χ2v) is 6.85. The lowest BCUT2D eigenvalue weighted by Crippen LogP contribution is -2.29. The Labute approximate surface area is 169 Å². The molecule has 148 valence electrons. The van der Waals surface area contributed by atoms with Crippen molar-refractivity contribution in [1.82, 2.24) is 4.90 Å². The summed E-state index contributed by atoms with van der Waals surface area (Å²) < 4.78 is 16.5. The summed E-state index contributed by atoms with van der Waals surface area (Å²) in [6, 6.07) is 22.7. The molecule has 6 heteroatoms. The molecule has 0 atom stereocenters. The molecule has 0 unspecified atom stereocenters. The van der Waals surface area contributed by atoms with E-state index in [1.165, 1.54) is 0 Å². The standard InChI is InChI=1S/C23H22N2O4/c1-25(14-17-7-12-21-22(13-17)28-16-27-21)15-23(26)24-18-8-10-20(11-9-18)29-19-5-3-2-4-6-19/h2-13H,14-16H2,1H3,(H,24,26). The van der Waals surface area contributed by atoms with Crippen LogP contribution in [0.3, 0.4) is 0 Å². The van der Waals surface area contributed by atoms with Crippen molar-refractivity contribution < 1.29 is 19.0 Å². The molecule has 1 amide bonds. The van der Waals surface area contributed by atoms with E-state index in [1.807, 2.05) is 84.7 Å². The predicted octanol–water partition coefficient (Wildman–Crippen LogP) is 4.28. The molecular weight excluding hydrogens is 368 g/mol. The van der Waals surface area contributed by atoms with E-state index < -0.39 is 0 Å². The van der Waals surface area contributed by atoms with Crippen LogP contribution in [0.4, 0.5) is 5.69 Å². The van der Waals surface area contributed by atoms with E-state index in [9.17, 15) is 4.79 Å². The van der Waals surface area contributed by atoms with Gasteiger partial charge < -0.3 is 19.5 Å². The fourth-order valence-electron chi connectivity index (χ4n) is 3.08. The smallest absolute Gasteiger partial charge is 0.238 e. The number of anilines is 1. The predicted molar refractivity (Wildman–Crippen MR) is 110 cm³/mol. The van der Waals surface area contributed by atoms with Crippen molar-refractivity contribution >= 4 is 11.6 Å². The van der Waals surface area contributed by atoms with Gasteiger partial charge in [-0.25, -0.2) is 0 Å². The fraction of sp³-hybridized carbons (Fsp3) is 0.174. The molecule has 3 aromatic carbocycles. The Morgan fingerprint density at radius 3 is 2.48 bits per heavy atom. The first-order chi connectivity index (χ1) is 14.2. The van der Waals surface area contributed by atoms with Gasteiger partial charge in [-0.15, -0.1) is 0 Å². The first kappa shape index (κ1) is 18.8. The molecule has 0 saturated carbocycles. The number of carbonyl (C=O) groups is 1. The third-order valence-corrected chi connectivity index (χ3v) is 4.42. The van der Waals surface area contributed by atoms with Crippen LogP contribution < -0.4 is 19.5 Å².